The first kappa shape index (κ1) is 19.9. The van der Waals surface area contributed by atoms with Crippen molar-refractivity contribution in [3.63, 3.8) is 0 Å². The van der Waals surface area contributed by atoms with E-state index in [0.717, 1.165) is 6.07 Å². The van der Waals surface area contributed by atoms with Gasteiger partial charge in [-0.3, -0.25) is 9.59 Å². The average molecular weight is 390 g/mol. The van der Waals surface area contributed by atoms with E-state index in [9.17, 15) is 19.5 Å². The summed E-state index contributed by atoms with van der Waals surface area (Å²) < 4.78 is 20.4. The summed E-state index contributed by atoms with van der Waals surface area (Å²) in [6, 6.07) is 8.59. The van der Waals surface area contributed by atoms with Crippen molar-refractivity contribution in [1.82, 2.24) is 0 Å². The molecule has 8 nitrogen and oxygen atoms in total. The number of rotatable bonds is 2. The summed E-state index contributed by atoms with van der Waals surface area (Å²) in [4.78, 5) is 35.7. The van der Waals surface area contributed by atoms with Crippen LogP contribution in [0, 0.1) is 0 Å². The maximum atomic E-state index is 12.9. The minimum Gasteiger partial charge on any atom is -0.497 e. The van der Waals surface area contributed by atoms with E-state index in [1.807, 2.05) is 0 Å². The van der Waals surface area contributed by atoms with Gasteiger partial charge in [0.05, 0.1) is 18.1 Å². The number of carboxylic acid groups (broad SMARTS) is 1. The Balaban J connectivity index is 0.00000225. The molecule has 0 bridgehead atoms. The molecule has 4 rings (SSSR count). The van der Waals surface area contributed by atoms with Gasteiger partial charge < -0.3 is 28.5 Å². The van der Waals surface area contributed by atoms with Crippen LogP contribution in [0.3, 0.4) is 0 Å². The maximum Gasteiger partial charge on any atom is 1.00 e. The molecule has 0 N–H and O–H groups in total. The molecule has 0 saturated carbocycles. The third-order valence-corrected chi connectivity index (χ3v) is 4.18. The molecule has 2 aromatic carbocycles. The van der Waals surface area contributed by atoms with Gasteiger partial charge in [-0.15, -0.1) is 0 Å². The largest absolute Gasteiger partial charge is 1.00 e. The number of benzene rings is 2. The molecule has 9 heteroatoms. The van der Waals surface area contributed by atoms with Crippen molar-refractivity contribution < 1.29 is 62.9 Å². The molecule has 1 aliphatic rings. The SMILES string of the molecule is COc1ccc2c(c1)COc1cc3oc(OC(=O)[O-])cc(=O)c3cc1C2=O.[Na+]. The summed E-state index contributed by atoms with van der Waals surface area (Å²) in [5, 5.41) is 10.6. The van der Waals surface area contributed by atoms with Crippen LogP contribution >= 0.6 is 0 Å². The van der Waals surface area contributed by atoms with Crippen LogP contribution in [0.15, 0.2) is 45.6 Å². The Morgan fingerprint density at radius 3 is 2.61 bits per heavy atom. The minimum atomic E-state index is -1.86. The van der Waals surface area contributed by atoms with Crippen molar-refractivity contribution in [2.75, 3.05) is 7.11 Å². The van der Waals surface area contributed by atoms with Crippen molar-refractivity contribution in [2.45, 2.75) is 6.61 Å². The smallest absolute Gasteiger partial charge is 0.497 e. The fourth-order valence-electron chi connectivity index (χ4n) is 2.93. The number of ketones is 1. The van der Waals surface area contributed by atoms with E-state index in [1.54, 1.807) is 18.2 Å². The van der Waals surface area contributed by atoms with Gasteiger partial charge in [-0.2, -0.15) is 0 Å². The predicted octanol–water partition coefficient (Wildman–Crippen LogP) is -1.35. The van der Waals surface area contributed by atoms with Crippen molar-refractivity contribution in [3.05, 3.63) is 63.3 Å². The Hall–Kier alpha value is -2.81. The second kappa shape index (κ2) is 7.67. The van der Waals surface area contributed by atoms with Crippen LogP contribution in [0.4, 0.5) is 4.79 Å². The Bertz CT molecular complexity index is 1160. The van der Waals surface area contributed by atoms with Gasteiger partial charge >= 0.3 is 29.6 Å². The predicted molar refractivity (Wildman–Crippen MR) is 89.3 cm³/mol. The zero-order valence-electron chi connectivity index (χ0n) is 14.9. The summed E-state index contributed by atoms with van der Waals surface area (Å²) in [7, 11) is 1.52. The first-order valence-electron chi connectivity index (χ1n) is 7.81. The molecule has 136 valence electrons. The zero-order valence-corrected chi connectivity index (χ0v) is 16.9. The van der Waals surface area contributed by atoms with Crippen molar-refractivity contribution >= 4 is 22.9 Å². The molecule has 0 radical (unpaired) electrons. The van der Waals surface area contributed by atoms with Gasteiger partial charge in [0.25, 0.3) is 6.16 Å². The molecule has 0 saturated heterocycles. The van der Waals surface area contributed by atoms with Crippen molar-refractivity contribution in [3.8, 4) is 17.4 Å². The van der Waals surface area contributed by atoms with Crippen LogP contribution in [0.25, 0.3) is 11.0 Å². The van der Waals surface area contributed by atoms with E-state index in [-0.39, 0.29) is 64.2 Å². The zero-order chi connectivity index (χ0) is 19.1. The summed E-state index contributed by atoms with van der Waals surface area (Å²) in [5.74, 6) is -0.0458. The molecule has 0 unspecified atom stereocenters. The van der Waals surface area contributed by atoms with Crippen LogP contribution in [0.5, 0.6) is 17.4 Å². The third kappa shape index (κ3) is 3.49. The Morgan fingerprint density at radius 1 is 1.11 bits per heavy atom. The molecule has 28 heavy (non-hydrogen) atoms. The minimum absolute atomic E-state index is 0. The average Bonchev–Trinajstić information content (AvgIpc) is 2.76. The van der Waals surface area contributed by atoms with Crippen LogP contribution < -0.4 is 54.3 Å². The molecule has 2 heterocycles. The number of methoxy groups -OCH3 is 1. The Kier molecular flexibility index (Phi) is 5.46. The molecular weight excluding hydrogens is 379 g/mol. The number of hydrogen-bond acceptors (Lipinski definition) is 8. The molecule has 0 fully saturated rings. The molecule has 0 spiro atoms. The summed E-state index contributed by atoms with van der Waals surface area (Å²) in [6.07, 6.45) is -1.86. The van der Waals surface area contributed by atoms with E-state index < -0.39 is 17.5 Å². The topological polar surface area (TPSA) is 115 Å². The van der Waals surface area contributed by atoms with E-state index >= 15 is 0 Å². The maximum absolute atomic E-state index is 12.9. The van der Waals surface area contributed by atoms with E-state index in [2.05, 4.69) is 4.74 Å². The fourth-order valence-corrected chi connectivity index (χ4v) is 2.93. The number of carbonyl (C=O) groups is 2. The number of fused-ring (bicyclic) bond motifs is 3. The quantitative estimate of drug-likeness (QED) is 0.390. The normalized spacial score (nSPS) is 12.1. The second-order valence-electron chi connectivity index (χ2n) is 5.77. The van der Waals surface area contributed by atoms with Gasteiger partial charge in [-0.25, -0.2) is 0 Å². The molecule has 0 atom stereocenters. The van der Waals surface area contributed by atoms with Gasteiger partial charge in [-0.1, -0.05) is 0 Å². The van der Waals surface area contributed by atoms with Crippen LogP contribution in [-0.4, -0.2) is 19.0 Å². The molecule has 0 aliphatic carbocycles. The Labute approximate surface area is 179 Å². The van der Waals surface area contributed by atoms with E-state index in [0.29, 0.717) is 16.9 Å². The number of ether oxygens (including phenoxy) is 3. The monoisotopic (exact) mass is 390 g/mol. The fraction of sp³-hybridized carbons (Fsp3) is 0.105. The summed E-state index contributed by atoms with van der Waals surface area (Å²) in [5.41, 5.74) is 0.735. The van der Waals surface area contributed by atoms with Gasteiger partial charge in [0.15, 0.2) is 11.2 Å². The first-order valence-corrected chi connectivity index (χ1v) is 7.81. The van der Waals surface area contributed by atoms with Crippen LogP contribution in [0.2, 0.25) is 0 Å². The van der Waals surface area contributed by atoms with Crippen LogP contribution in [0.1, 0.15) is 21.5 Å². The second-order valence-corrected chi connectivity index (χ2v) is 5.77. The Morgan fingerprint density at radius 2 is 1.89 bits per heavy atom. The summed E-state index contributed by atoms with van der Waals surface area (Å²) >= 11 is 0. The molecule has 1 aromatic heterocycles. The van der Waals surface area contributed by atoms with Gasteiger partial charge in [0.1, 0.15) is 23.7 Å². The molecule has 3 aromatic rings. The molecule has 0 amide bonds. The van der Waals surface area contributed by atoms with Crippen molar-refractivity contribution in [2.24, 2.45) is 0 Å². The van der Waals surface area contributed by atoms with Crippen LogP contribution in [-0.2, 0) is 6.61 Å². The summed E-state index contributed by atoms with van der Waals surface area (Å²) in [6.45, 7) is 0.107. The molecular formula is C19H11NaO8. The third-order valence-electron chi connectivity index (χ3n) is 4.18. The van der Waals surface area contributed by atoms with E-state index in [4.69, 9.17) is 13.9 Å². The number of hydrogen-bond donors (Lipinski definition) is 0. The standard InChI is InChI=1S/C19H12O8.Na/c1-24-10-2-3-11-9(4-10)8-25-15-7-16-12(5-13(15)18(11)21)14(20)6-17(26-16)27-19(22)23;/h2-7H,8H2,1H3,(H,22,23);/q;+1/p-1. The van der Waals surface area contributed by atoms with Gasteiger partial charge in [-0.05, 0) is 24.3 Å². The number of carbonyl (C=O) groups excluding carboxylic acids is 2. The van der Waals surface area contributed by atoms with Gasteiger partial charge in [0.2, 0.25) is 5.95 Å². The first-order chi connectivity index (χ1) is 13.0. The van der Waals surface area contributed by atoms with Crippen molar-refractivity contribution in [1.29, 1.82) is 0 Å². The molecule has 1 aliphatic heterocycles. The van der Waals surface area contributed by atoms with E-state index in [1.165, 1.54) is 19.2 Å². The van der Waals surface area contributed by atoms with Gasteiger partial charge in [0, 0.05) is 23.3 Å².